The van der Waals surface area contributed by atoms with Gasteiger partial charge in [-0.1, -0.05) is 53.8 Å². The highest BCUT2D eigenvalue weighted by atomic mass is 35.5. The Labute approximate surface area is 172 Å². The van der Waals surface area contributed by atoms with Gasteiger partial charge in [0.15, 0.2) is 10.3 Å². The van der Waals surface area contributed by atoms with E-state index in [9.17, 15) is 0 Å². The minimum Gasteiger partial charge on any atom is -0.361 e. The first kappa shape index (κ1) is 18.6. The van der Waals surface area contributed by atoms with Gasteiger partial charge in [-0.3, -0.25) is 0 Å². The summed E-state index contributed by atoms with van der Waals surface area (Å²) in [6.07, 6.45) is 2.08. The molecule has 0 spiro atoms. The van der Waals surface area contributed by atoms with E-state index in [1.165, 1.54) is 5.56 Å². The van der Waals surface area contributed by atoms with Gasteiger partial charge in [0.05, 0.1) is 15.9 Å². The predicted molar refractivity (Wildman–Crippen MR) is 120 cm³/mol. The van der Waals surface area contributed by atoms with E-state index in [0.29, 0.717) is 6.04 Å². The largest absolute Gasteiger partial charge is 0.361 e. The zero-order valence-electron chi connectivity index (χ0n) is 15.0. The molecule has 0 unspecified atom stereocenters. The molecule has 4 nitrogen and oxygen atoms in total. The van der Waals surface area contributed by atoms with Crippen LogP contribution in [-0.2, 0) is 6.42 Å². The Hall–Kier alpha value is -1.76. The summed E-state index contributed by atoms with van der Waals surface area (Å²) in [5, 5.41) is 9.59. The van der Waals surface area contributed by atoms with Crippen LogP contribution in [0.15, 0.2) is 47.5 Å². The Morgan fingerprint density at radius 1 is 1.26 bits per heavy atom. The normalized spacial score (nSPS) is 18.1. The maximum absolute atomic E-state index is 6.04. The third-order valence-electron chi connectivity index (χ3n) is 4.45. The van der Waals surface area contributed by atoms with E-state index in [1.54, 1.807) is 23.1 Å². The number of anilines is 1. The smallest absolute Gasteiger partial charge is 0.183 e. The van der Waals surface area contributed by atoms with Crippen molar-refractivity contribution in [2.24, 2.45) is 4.99 Å². The molecule has 2 aromatic carbocycles. The molecule has 2 N–H and O–H groups in total. The van der Waals surface area contributed by atoms with Crippen LogP contribution in [-0.4, -0.2) is 28.5 Å². The molecule has 1 aromatic heterocycles. The van der Waals surface area contributed by atoms with Gasteiger partial charge in [0.2, 0.25) is 0 Å². The molecule has 3 aromatic rings. The molecule has 0 radical (unpaired) electrons. The molecule has 0 saturated carbocycles. The third kappa shape index (κ3) is 4.75. The average Bonchev–Trinajstić information content (AvgIpc) is 3.29. The Kier molecular flexibility index (Phi) is 5.86. The van der Waals surface area contributed by atoms with E-state index < -0.39 is 0 Å². The van der Waals surface area contributed by atoms with Crippen LogP contribution in [0.4, 0.5) is 10.8 Å². The summed E-state index contributed by atoms with van der Waals surface area (Å²) < 4.78 is 1.11. The van der Waals surface area contributed by atoms with Gasteiger partial charge in [-0.15, -0.1) is 0 Å². The zero-order chi connectivity index (χ0) is 18.6. The predicted octanol–water partition coefficient (Wildman–Crippen LogP) is 5.71. The van der Waals surface area contributed by atoms with Crippen LogP contribution in [0.2, 0.25) is 5.02 Å². The number of thioether (sulfide) groups is 1. The Morgan fingerprint density at radius 3 is 2.89 bits per heavy atom. The summed E-state index contributed by atoms with van der Waals surface area (Å²) in [7, 11) is 0. The fourth-order valence-corrected chi connectivity index (χ4v) is 5.13. The van der Waals surface area contributed by atoms with Crippen LogP contribution in [0.25, 0.3) is 10.2 Å². The summed E-state index contributed by atoms with van der Waals surface area (Å²) in [4.78, 5) is 9.28. The van der Waals surface area contributed by atoms with Crippen molar-refractivity contribution >= 4 is 60.9 Å². The van der Waals surface area contributed by atoms with Crippen molar-refractivity contribution in [2.75, 3.05) is 17.6 Å². The highest BCUT2D eigenvalue weighted by molar-refractivity contribution is 8.14. The topological polar surface area (TPSA) is 49.3 Å². The molecule has 7 heteroatoms. The first-order valence-corrected chi connectivity index (χ1v) is 11.2. The van der Waals surface area contributed by atoms with Gasteiger partial charge in [-0.05, 0) is 48.7 Å². The van der Waals surface area contributed by atoms with Gasteiger partial charge in [-0.2, -0.15) is 0 Å². The quantitative estimate of drug-likeness (QED) is 0.540. The number of nitrogens with zero attached hydrogens (tertiary/aromatic N) is 2. The summed E-state index contributed by atoms with van der Waals surface area (Å²) in [6.45, 7) is 3.05. The van der Waals surface area contributed by atoms with E-state index in [0.717, 1.165) is 56.4 Å². The molecular weight excluding hydrogens is 396 g/mol. The number of fused-ring (bicyclic) bond motifs is 1. The van der Waals surface area contributed by atoms with Gasteiger partial charge in [0.25, 0.3) is 0 Å². The van der Waals surface area contributed by atoms with Gasteiger partial charge >= 0.3 is 0 Å². The van der Waals surface area contributed by atoms with Crippen LogP contribution in [0.1, 0.15) is 18.9 Å². The van der Waals surface area contributed by atoms with Crippen molar-refractivity contribution in [2.45, 2.75) is 25.8 Å². The molecule has 0 bridgehead atoms. The van der Waals surface area contributed by atoms with Crippen molar-refractivity contribution < 1.29 is 0 Å². The van der Waals surface area contributed by atoms with Crippen LogP contribution in [0.5, 0.6) is 0 Å². The lowest BCUT2D eigenvalue weighted by atomic mass is 10.1. The molecule has 27 heavy (non-hydrogen) atoms. The number of nitrogens with one attached hydrogen (secondary N) is 2. The monoisotopic (exact) mass is 416 g/mol. The first-order chi connectivity index (χ1) is 13.2. The summed E-state index contributed by atoms with van der Waals surface area (Å²) in [5.41, 5.74) is 3.27. The molecule has 140 valence electrons. The number of thiazole rings is 1. The lowest BCUT2D eigenvalue weighted by molar-refractivity contribution is 0.668. The maximum atomic E-state index is 6.04. The number of aromatic nitrogens is 1. The molecule has 1 saturated heterocycles. The van der Waals surface area contributed by atoms with E-state index >= 15 is 0 Å². The Bertz CT molecular complexity index is 952. The molecule has 1 aliphatic rings. The summed E-state index contributed by atoms with van der Waals surface area (Å²) in [6, 6.07) is 14.8. The van der Waals surface area contributed by atoms with Crippen molar-refractivity contribution in [1.82, 2.24) is 10.3 Å². The lowest BCUT2D eigenvalue weighted by Gasteiger charge is -2.05. The molecule has 4 rings (SSSR count). The molecular formula is C20H21ClN4S2. The number of halogens is 1. The summed E-state index contributed by atoms with van der Waals surface area (Å²) >= 11 is 9.47. The van der Waals surface area contributed by atoms with Gasteiger partial charge in [0.1, 0.15) is 0 Å². The number of benzene rings is 2. The van der Waals surface area contributed by atoms with Crippen molar-refractivity contribution in [3.8, 4) is 0 Å². The number of hydrogen-bond donors (Lipinski definition) is 2. The maximum Gasteiger partial charge on any atom is 0.183 e. The molecule has 0 aliphatic carbocycles. The highest BCUT2D eigenvalue weighted by Crippen LogP contribution is 2.28. The number of hydrogen-bond acceptors (Lipinski definition) is 5. The second-order valence-corrected chi connectivity index (χ2v) is 8.93. The second kappa shape index (κ2) is 8.50. The van der Waals surface area contributed by atoms with Crippen LogP contribution < -0.4 is 10.6 Å². The molecule has 2 heterocycles. The van der Waals surface area contributed by atoms with E-state index in [1.807, 2.05) is 18.2 Å². The summed E-state index contributed by atoms with van der Waals surface area (Å²) in [5.74, 6) is 1.11. The molecule has 0 amide bonds. The number of amidine groups is 1. The van der Waals surface area contributed by atoms with Crippen LogP contribution in [0, 0.1) is 0 Å². The van der Waals surface area contributed by atoms with Gasteiger partial charge < -0.3 is 10.6 Å². The Balaban J connectivity index is 1.31. The van der Waals surface area contributed by atoms with E-state index in [4.69, 9.17) is 16.6 Å². The number of rotatable bonds is 6. The zero-order valence-corrected chi connectivity index (χ0v) is 17.4. The fraction of sp³-hybridized carbons (Fsp3) is 0.300. The highest BCUT2D eigenvalue weighted by Gasteiger charge is 2.17. The van der Waals surface area contributed by atoms with Gasteiger partial charge in [0, 0.05) is 23.4 Å². The lowest BCUT2D eigenvalue weighted by Crippen LogP contribution is -2.25. The minimum absolute atomic E-state index is 0.553. The number of aliphatic imine (C=N–C) groups is 1. The fourth-order valence-electron chi connectivity index (χ4n) is 2.86. The Morgan fingerprint density at radius 2 is 2.11 bits per heavy atom. The van der Waals surface area contributed by atoms with Gasteiger partial charge in [-0.25, -0.2) is 9.98 Å². The standard InChI is InChI=1S/C20H21ClN4S2/c1-2-15-12-26-20(23-15)24-16-6-3-13(4-7-16)9-10-22-19-25-17-8-5-14(21)11-18(17)27-19/h3-8,11,15H,2,9-10,12H2,1H3,(H,22,25)(H,23,24)/t15-/m1/s1. The van der Waals surface area contributed by atoms with Crippen molar-refractivity contribution in [3.05, 3.63) is 53.1 Å². The van der Waals surface area contributed by atoms with Crippen molar-refractivity contribution in [1.29, 1.82) is 0 Å². The SMILES string of the molecule is CC[C@@H]1CS/C(=N\c2ccc(CCNc3nc4ccc(Cl)cc4s3)cc2)N1. The minimum atomic E-state index is 0.553. The molecule has 1 atom stereocenters. The molecule has 1 fully saturated rings. The second-order valence-electron chi connectivity index (χ2n) is 6.45. The van der Waals surface area contributed by atoms with Crippen molar-refractivity contribution in [3.63, 3.8) is 0 Å². The third-order valence-corrected chi connectivity index (χ3v) is 6.71. The molecule has 1 aliphatic heterocycles. The first-order valence-electron chi connectivity index (χ1n) is 9.06. The van der Waals surface area contributed by atoms with E-state index in [-0.39, 0.29) is 0 Å². The van der Waals surface area contributed by atoms with Crippen LogP contribution in [0.3, 0.4) is 0 Å². The van der Waals surface area contributed by atoms with Crippen LogP contribution >= 0.6 is 34.7 Å². The average molecular weight is 417 g/mol. The van der Waals surface area contributed by atoms with E-state index in [2.05, 4.69) is 46.8 Å².